The number of rotatable bonds is 22. The van der Waals surface area contributed by atoms with E-state index in [1.54, 1.807) is 92.2 Å². The fourth-order valence-electron chi connectivity index (χ4n) is 4.53. The summed E-state index contributed by atoms with van der Waals surface area (Å²) < 4.78 is 81.3. The van der Waals surface area contributed by atoms with Gasteiger partial charge in [-0.15, -0.1) is 0 Å². The number of nitrogens with two attached hydrogens (primary N) is 2. The van der Waals surface area contributed by atoms with E-state index in [1.165, 1.54) is 25.3 Å². The summed E-state index contributed by atoms with van der Waals surface area (Å²) in [6.45, 7) is 18.3. The average molecular weight is 1000 g/mol. The van der Waals surface area contributed by atoms with Crippen LogP contribution in [-0.2, 0) is 87.9 Å². The highest BCUT2D eigenvalue weighted by atomic mass is 31.2. The van der Waals surface area contributed by atoms with Gasteiger partial charge >= 0.3 is 39.1 Å². The number of hydrogen-bond donors (Lipinski definition) is 2. The minimum Gasteiger partial charge on any atom is -0.438 e. The molecule has 380 valence electrons. The topological polar surface area (TPSA) is 334 Å². The van der Waals surface area contributed by atoms with Gasteiger partial charge in [-0.25, -0.2) is 29.9 Å². The molecule has 0 aliphatic carbocycles. The number of carbonyl (C=O) groups is 4. The molecular weight excluding hydrogens is 938 g/mol. The molecule has 0 saturated heterocycles. The molecule has 0 unspecified atom stereocenters. The van der Waals surface area contributed by atoms with Crippen LogP contribution in [0.5, 0.6) is 0 Å². The first kappa shape index (κ1) is 57.1. The van der Waals surface area contributed by atoms with Gasteiger partial charge in [-0.3, -0.25) is 46.4 Å². The SMILES string of the molecule is CC(C)(C)C(=O)OCOP(=O)(COCCn1cnc2c(N)ncnc21)OCOC(=O)C(C)(C)C.CC(C)(C)C(=O)OCOP(=O)(COCCn1cnc2c(N)ncnc21)OCOC(=O)C(C)(C)C. The molecule has 0 radical (unpaired) electrons. The predicted molar refractivity (Wildman–Crippen MR) is 242 cm³/mol. The van der Waals surface area contributed by atoms with E-state index in [9.17, 15) is 28.3 Å². The second-order valence-electron chi connectivity index (χ2n) is 18.7. The van der Waals surface area contributed by atoms with E-state index in [0.29, 0.717) is 35.4 Å². The number of imidazole rings is 2. The molecule has 0 spiro atoms. The zero-order valence-electron chi connectivity index (χ0n) is 40.5. The summed E-state index contributed by atoms with van der Waals surface area (Å²) in [7, 11) is -7.89. The molecular formula is C40H64N10O16P2. The lowest BCUT2D eigenvalue weighted by Gasteiger charge is -2.22. The monoisotopic (exact) mass is 1000 g/mol. The van der Waals surface area contributed by atoms with Gasteiger partial charge in [0.25, 0.3) is 0 Å². The average Bonchev–Trinajstić information content (AvgIpc) is 3.85. The van der Waals surface area contributed by atoms with Gasteiger partial charge in [0.05, 0.1) is 47.5 Å². The number of anilines is 2. The van der Waals surface area contributed by atoms with Crippen molar-refractivity contribution in [1.29, 1.82) is 0 Å². The third-order valence-electron chi connectivity index (χ3n) is 8.52. The Morgan fingerprint density at radius 3 is 1.03 bits per heavy atom. The Morgan fingerprint density at radius 2 is 0.765 bits per heavy atom. The Balaban J connectivity index is 0.000000360. The molecule has 0 atom stereocenters. The van der Waals surface area contributed by atoms with E-state index < -0.39 is 101 Å². The Hall–Kier alpha value is -5.20. The minimum absolute atomic E-state index is 0.0929. The van der Waals surface area contributed by atoms with Crippen molar-refractivity contribution in [1.82, 2.24) is 39.0 Å². The second-order valence-corrected chi connectivity index (χ2v) is 22.7. The summed E-state index contributed by atoms with van der Waals surface area (Å²) in [5, 5.41) is 0. The summed E-state index contributed by atoms with van der Waals surface area (Å²) in [4.78, 5) is 72.0. The van der Waals surface area contributed by atoms with Gasteiger partial charge < -0.3 is 49.0 Å². The molecule has 0 amide bonds. The first-order chi connectivity index (χ1) is 31.5. The summed E-state index contributed by atoms with van der Waals surface area (Å²) >= 11 is 0. The molecule has 26 nitrogen and oxygen atoms in total. The van der Waals surface area contributed by atoms with Crippen LogP contribution < -0.4 is 11.5 Å². The smallest absolute Gasteiger partial charge is 0.361 e. The molecule has 4 aromatic rings. The van der Waals surface area contributed by atoms with Gasteiger partial charge in [0.1, 0.15) is 36.4 Å². The van der Waals surface area contributed by atoms with Crippen LogP contribution in [0.3, 0.4) is 0 Å². The number of hydrogen-bond acceptors (Lipinski definition) is 24. The normalized spacial score (nSPS) is 12.6. The lowest BCUT2D eigenvalue weighted by atomic mass is 9.98. The highest BCUT2D eigenvalue weighted by Crippen LogP contribution is 2.49. The van der Waals surface area contributed by atoms with Crippen LogP contribution in [0.25, 0.3) is 22.3 Å². The van der Waals surface area contributed by atoms with E-state index in [4.69, 9.17) is 58.0 Å². The van der Waals surface area contributed by atoms with Crippen molar-refractivity contribution >= 4 is 73.0 Å². The Kier molecular flexibility index (Phi) is 20.5. The molecule has 0 bridgehead atoms. The third-order valence-corrected chi connectivity index (χ3v) is 11.5. The summed E-state index contributed by atoms with van der Waals surface area (Å²) in [6.07, 6.45) is 4.76. The zero-order chi connectivity index (χ0) is 51.1. The number of carbonyl (C=O) groups excluding carboxylic acids is 4. The maximum absolute atomic E-state index is 13.1. The van der Waals surface area contributed by atoms with Crippen LogP contribution >= 0.6 is 15.2 Å². The van der Waals surface area contributed by atoms with Gasteiger partial charge in [-0.1, -0.05) is 0 Å². The molecule has 0 aliphatic heterocycles. The number of esters is 4. The molecule has 4 N–H and O–H groups in total. The first-order valence-electron chi connectivity index (χ1n) is 20.9. The van der Waals surface area contributed by atoms with E-state index >= 15 is 0 Å². The van der Waals surface area contributed by atoms with Gasteiger partial charge in [-0.2, -0.15) is 0 Å². The minimum atomic E-state index is -3.95. The van der Waals surface area contributed by atoms with Gasteiger partial charge in [0, 0.05) is 13.1 Å². The van der Waals surface area contributed by atoms with Crippen LogP contribution in [0.2, 0.25) is 0 Å². The Bertz CT molecular complexity index is 2180. The molecule has 4 heterocycles. The lowest BCUT2D eigenvalue weighted by molar-refractivity contribution is -0.164. The summed E-state index contributed by atoms with van der Waals surface area (Å²) in [5.41, 5.74) is 10.4. The van der Waals surface area contributed by atoms with Crippen molar-refractivity contribution in [3.63, 3.8) is 0 Å². The van der Waals surface area contributed by atoms with Crippen molar-refractivity contribution in [2.75, 3.05) is 64.5 Å². The predicted octanol–water partition coefficient (Wildman–Crippen LogP) is 5.41. The van der Waals surface area contributed by atoms with Crippen molar-refractivity contribution in [3.05, 3.63) is 25.3 Å². The molecule has 4 aromatic heterocycles. The number of aromatic nitrogens is 8. The number of nitrogen functional groups attached to an aromatic ring is 2. The van der Waals surface area contributed by atoms with Crippen molar-refractivity contribution in [2.24, 2.45) is 21.7 Å². The van der Waals surface area contributed by atoms with Gasteiger partial charge in [0.2, 0.25) is 27.2 Å². The molecule has 0 aromatic carbocycles. The molecule has 0 fully saturated rings. The molecule has 68 heavy (non-hydrogen) atoms. The second kappa shape index (κ2) is 24.4. The fourth-order valence-corrected chi connectivity index (χ4v) is 6.54. The maximum Gasteiger partial charge on any atom is 0.361 e. The fraction of sp³-hybridized carbons (Fsp3) is 0.650. The van der Waals surface area contributed by atoms with Gasteiger partial charge in [-0.05, 0) is 83.1 Å². The molecule has 0 saturated carbocycles. The zero-order valence-corrected chi connectivity index (χ0v) is 42.3. The van der Waals surface area contributed by atoms with Gasteiger partial charge in [0.15, 0.2) is 22.9 Å². The highest BCUT2D eigenvalue weighted by molar-refractivity contribution is 7.53. The lowest BCUT2D eigenvalue weighted by Crippen LogP contribution is -2.25. The number of ether oxygens (including phenoxy) is 6. The number of nitrogens with zero attached hydrogens (tertiary/aromatic N) is 8. The van der Waals surface area contributed by atoms with E-state index in [1.807, 2.05) is 0 Å². The third kappa shape index (κ3) is 18.4. The van der Waals surface area contributed by atoms with Crippen LogP contribution in [0, 0.1) is 21.7 Å². The molecule has 28 heteroatoms. The van der Waals surface area contributed by atoms with Crippen LogP contribution in [0.15, 0.2) is 25.3 Å². The highest BCUT2D eigenvalue weighted by Gasteiger charge is 2.32. The van der Waals surface area contributed by atoms with Crippen LogP contribution in [-0.4, -0.2) is 116 Å². The molecule has 0 aliphatic rings. The standard InChI is InChI=1S/2C20H32N5O8P/c2*1-19(2,3)17(26)30-11-32-34(28,33-12-31-18(27)20(4,5)6)13-29-8-7-25-10-24-14-15(21)22-9-23-16(14)25/h2*9-10H,7-8,11-13H2,1-6H3,(H2,21,22,23). The van der Waals surface area contributed by atoms with Crippen molar-refractivity contribution in [3.8, 4) is 0 Å². The van der Waals surface area contributed by atoms with Crippen molar-refractivity contribution < 1.29 is 74.8 Å². The van der Waals surface area contributed by atoms with Crippen LogP contribution in [0.4, 0.5) is 11.6 Å². The van der Waals surface area contributed by atoms with Crippen molar-refractivity contribution in [2.45, 2.75) is 96.2 Å². The Labute approximate surface area is 393 Å². The largest absolute Gasteiger partial charge is 0.438 e. The van der Waals surface area contributed by atoms with E-state index in [2.05, 4.69) is 29.9 Å². The van der Waals surface area contributed by atoms with E-state index in [0.717, 1.165) is 0 Å². The summed E-state index contributed by atoms with van der Waals surface area (Å²) in [5.74, 6) is -1.68. The molecule has 4 rings (SSSR count). The maximum atomic E-state index is 13.1. The first-order valence-corrected chi connectivity index (χ1v) is 24.3. The van der Waals surface area contributed by atoms with E-state index in [-0.39, 0.29) is 24.8 Å². The van der Waals surface area contributed by atoms with Crippen LogP contribution in [0.1, 0.15) is 83.1 Å². The Morgan fingerprint density at radius 1 is 0.485 bits per heavy atom. The summed E-state index contributed by atoms with van der Waals surface area (Å²) in [6, 6.07) is 0. The quantitative estimate of drug-likeness (QED) is 0.0327. The number of fused-ring (bicyclic) bond motifs is 2.